The van der Waals surface area contributed by atoms with Crippen molar-refractivity contribution >= 4 is 5.91 Å². The van der Waals surface area contributed by atoms with Crippen LogP contribution in [0.3, 0.4) is 0 Å². The van der Waals surface area contributed by atoms with Crippen LogP contribution in [0.5, 0.6) is 0 Å². The van der Waals surface area contributed by atoms with Gasteiger partial charge in [0.15, 0.2) is 0 Å². The number of carbonyl (C=O) groups excluding carboxylic acids is 1. The molecule has 0 bridgehead atoms. The number of rotatable bonds is 2. The van der Waals surface area contributed by atoms with Gasteiger partial charge in [-0.25, -0.2) is 0 Å². The first-order valence-corrected chi connectivity index (χ1v) is 5.99. The highest BCUT2D eigenvalue weighted by atomic mass is 16.5. The summed E-state index contributed by atoms with van der Waals surface area (Å²) in [5.41, 5.74) is 0.397. The predicted molar refractivity (Wildman–Crippen MR) is 58.5 cm³/mol. The van der Waals surface area contributed by atoms with Crippen molar-refractivity contribution in [3.05, 3.63) is 0 Å². The zero-order valence-corrected chi connectivity index (χ0v) is 9.71. The summed E-state index contributed by atoms with van der Waals surface area (Å²) in [7, 11) is 0. The molecule has 0 aromatic rings. The molecule has 0 aromatic carbocycles. The summed E-state index contributed by atoms with van der Waals surface area (Å²) in [6, 6.07) is 0.372. The summed E-state index contributed by atoms with van der Waals surface area (Å²) in [5.74, 6) is 0.107. The molecule has 0 spiro atoms. The van der Waals surface area contributed by atoms with Gasteiger partial charge in [0.2, 0.25) is 5.91 Å². The van der Waals surface area contributed by atoms with Crippen LogP contribution in [0.4, 0.5) is 0 Å². The van der Waals surface area contributed by atoms with Crippen molar-refractivity contribution in [1.29, 1.82) is 0 Å². The lowest BCUT2D eigenvalue weighted by Crippen LogP contribution is -2.40. The molecule has 1 saturated heterocycles. The highest BCUT2D eigenvalue weighted by Gasteiger charge is 2.33. The fraction of sp³-hybridized carbons (Fsp3) is 0.917. The molecule has 0 aromatic heterocycles. The molecule has 1 amide bonds. The molecule has 3 heteroatoms. The Labute approximate surface area is 91.6 Å². The second-order valence-electron chi connectivity index (χ2n) is 5.61. The minimum Gasteiger partial charge on any atom is -0.368 e. The van der Waals surface area contributed by atoms with Gasteiger partial charge in [0, 0.05) is 12.6 Å². The lowest BCUT2D eigenvalue weighted by Gasteiger charge is -2.19. The normalized spacial score (nSPS) is 34.3. The lowest BCUT2D eigenvalue weighted by molar-refractivity contribution is -0.130. The van der Waals surface area contributed by atoms with E-state index >= 15 is 0 Å². The number of nitrogens with one attached hydrogen (secondary N) is 1. The average molecular weight is 211 g/mol. The minimum atomic E-state index is -0.172. The van der Waals surface area contributed by atoms with Crippen molar-refractivity contribution in [3.63, 3.8) is 0 Å². The van der Waals surface area contributed by atoms with Crippen LogP contribution in [0.25, 0.3) is 0 Å². The van der Waals surface area contributed by atoms with Crippen molar-refractivity contribution in [1.82, 2.24) is 5.32 Å². The number of amides is 1. The zero-order chi connectivity index (χ0) is 10.9. The first kappa shape index (κ1) is 10.9. The van der Waals surface area contributed by atoms with Crippen molar-refractivity contribution in [2.75, 3.05) is 6.61 Å². The Kier molecular flexibility index (Phi) is 3.01. The molecule has 15 heavy (non-hydrogen) atoms. The van der Waals surface area contributed by atoms with E-state index in [1.54, 1.807) is 0 Å². The van der Waals surface area contributed by atoms with E-state index in [1.807, 2.05) is 0 Å². The van der Waals surface area contributed by atoms with Crippen molar-refractivity contribution in [2.24, 2.45) is 5.41 Å². The topological polar surface area (TPSA) is 38.3 Å². The summed E-state index contributed by atoms with van der Waals surface area (Å²) >= 11 is 0. The maximum Gasteiger partial charge on any atom is 0.249 e. The molecule has 2 aliphatic rings. The summed E-state index contributed by atoms with van der Waals surface area (Å²) in [6.07, 6.45) is 5.17. The number of ether oxygens (including phenoxy) is 1. The van der Waals surface area contributed by atoms with E-state index in [2.05, 4.69) is 19.2 Å². The van der Waals surface area contributed by atoms with Crippen LogP contribution in [-0.2, 0) is 9.53 Å². The molecule has 1 aliphatic heterocycles. The van der Waals surface area contributed by atoms with E-state index < -0.39 is 0 Å². The molecule has 1 aliphatic carbocycles. The van der Waals surface area contributed by atoms with E-state index in [0.29, 0.717) is 11.5 Å². The van der Waals surface area contributed by atoms with Crippen LogP contribution in [-0.4, -0.2) is 24.7 Å². The Morgan fingerprint density at radius 1 is 1.40 bits per heavy atom. The molecule has 86 valence electrons. The Bertz CT molecular complexity index is 244. The third-order valence-electron chi connectivity index (χ3n) is 3.54. The third-order valence-corrected chi connectivity index (χ3v) is 3.54. The van der Waals surface area contributed by atoms with Gasteiger partial charge in [-0.1, -0.05) is 13.8 Å². The predicted octanol–water partition coefficient (Wildman–Crippen LogP) is 1.86. The summed E-state index contributed by atoms with van der Waals surface area (Å²) in [4.78, 5) is 11.8. The van der Waals surface area contributed by atoms with E-state index in [0.717, 1.165) is 32.3 Å². The lowest BCUT2D eigenvalue weighted by atomic mass is 9.92. The number of hydrogen-bond donors (Lipinski definition) is 1. The Hall–Kier alpha value is -0.570. The molecule has 1 N–H and O–H groups in total. The van der Waals surface area contributed by atoms with Crippen LogP contribution in [0.15, 0.2) is 0 Å². The van der Waals surface area contributed by atoms with Gasteiger partial charge < -0.3 is 10.1 Å². The van der Waals surface area contributed by atoms with Gasteiger partial charge in [-0.05, 0) is 37.5 Å². The van der Waals surface area contributed by atoms with E-state index in [-0.39, 0.29) is 12.0 Å². The van der Waals surface area contributed by atoms with Crippen molar-refractivity contribution in [2.45, 2.75) is 58.1 Å². The van der Waals surface area contributed by atoms with E-state index in [4.69, 9.17) is 4.74 Å². The number of hydrogen-bond acceptors (Lipinski definition) is 2. The minimum absolute atomic E-state index is 0.107. The highest BCUT2D eigenvalue weighted by Crippen LogP contribution is 2.36. The molecule has 0 radical (unpaired) electrons. The summed E-state index contributed by atoms with van der Waals surface area (Å²) in [6.45, 7) is 5.28. The molecule has 2 unspecified atom stereocenters. The van der Waals surface area contributed by atoms with E-state index in [1.165, 1.54) is 6.42 Å². The third kappa shape index (κ3) is 2.71. The smallest absolute Gasteiger partial charge is 0.249 e. The van der Waals surface area contributed by atoms with Crippen LogP contribution >= 0.6 is 0 Å². The van der Waals surface area contributed by atoms with Gasteiger partial charge in [0.1, 0.15) is 6.10 Å². The van der Waals surface area contributed by atoms with Gasteiger partial charge >= 0.3 is 0 Å². The van der Waals surface area contributed by atoms with Crippen LogP contribution in [0, 0.1) is 5.41 Å². The van der Waals surface area contributed by atoms with Gasteiger partial charge in [-0.3, -0.25) is 4.79 Å². The number of carbonyl (C=O) groups is 1. The first-order chi connectivity index (χ1) is 7.07. The van der Waals surface area contributed by atoms with Gasteiger partial charge in [-0.2, -0.15) is 0 Å². The Morgan fingerprint density at radius 3 is 2.73 bits per heavy atom. The molecular weight excluding hydrogens is 190 g/mol. The SMILES string of the molecule is CC1(C)CCC(NC(=O)C2CCCO2)C1. The van der Waals surface area contributed by atoms with Crippen LogP contribution in [0.1, 0.15) is 46.0 Å². The monoisotopic (exact) mass is 211 g/mol. The fourth-order valence-electron chi connectivity index (χ4n) is 2.64. The van der Waals surface area contributed by atoms with Crippen LogP contribution in [0.2, 0.25) is 0 Å². The van der Waals surface area contributed by atoms with Crippen LogP contribution < -0.4 is 5.32 Å². The molecule has 2 fully saturated rings. The molecule has 1 saturated carbocycles. The molecule has 2 atom stereocenters. The van der Waals surface area contributed by atoms with Gasteiger partial charge in [0.05, 0.1) is 0 Å². The molecule has 1 heterocycles. The van der Waals surface area contributed by atoms with E-state index in [9.17, 15) is 4.79 Å². The second kappa shape index (κ2) is 4.12. The largest absolute Gasteiger partial charge is 0.368 e. The quantitative estimate of drug-likeness (QED) is 0.757. The summed E-state index contributed by atoms with van der Waals surface area (Å²) in [5, 5.41) is 3.11. The fourth-order valence-corrected chi connectivity index (χ4v) is 2.64. The summed E-state index contributed by atoms with van der Waals surface area (Å²) < 4.78 is 5.36. The first-order valence-electron chi connectivity index (χ1n) is 5.99. The Morgan fingerprint density at radius 2 is 2.20 bits per heavy atom. The molecular formula is C12H21NO2. The van der Waals surface area contributed by atoms with Gasteiger partial charge in [-0.15, -0.1) is 0 Å². The maximum absolute atomic E-state index is 11.8. The average Bonchev–Trinajstić information content (AvgIpc) is 2.74. The van der Waals surface area contributed by atoms with Gasteiger partial charge in [0.25, 0.3) is 0 Å². The molecule has 2 rings (SSSR count). The Balaban J connectivity index is 1.79. The van der Waals surface area contributed by atoms with Crippen molar-refractivity contribution < 1.29 is 9.53 Å². The molecule has 3 nitrogen and oxygen atoms in total. The highest BCUT2D eigenvalue weighted by molar-refractivity contribution is 5.81. The van der Waals surface area contributed by atoms with Crippen molar-refractivity contribution in [3.8, 4) is 0 Å². The maximum atomic E-state index is 11.8. The zero-order valence-electron chi connectivity index (χ0n) is 9.71. The second-order valence-corrected chi connectivity index (χ2v) is 5.61. The standard InChI is InChI=1S/C12H21NO2/c1-12(2)6-5-9(8-12)13-11(14)10-4-3-7-15-10/h9-10H,3-8H2,1-2H3,(H,13,14).